The Morgan fingerprint density at radius 1 is 1.19 bits per heavy atom. The van der Waals surface area contributed by atoms with E-state index in [9.17, 15) is 8.42 Å². The van der Waals surface area contributed by atoms with E-state index in [2.05, 4.69) is 4.72 Å². The molecule has 0 aliphatic carbocycles. The molecule has 90 valence electrons. The first kappa shape index (κ1) is 13.2. The lowest BCUT2D eigenvalue weighted by atomic mass is 10.2. The van der Waals surface area contributed by atoms with Crippen molar-refractivity contribution in [3.63, 3.8) is 0 Å². The summed E-state index contributed by atoms with van der Waals surface area (Å²) in [5.74, 6) is 0.167. The second-order valence-corrected chi connectivity index (χ2v) is 5.73. The molecule has 0 heterocycles. The summed E-state index contributed by atoms with van der Waals surface area (Å²) in [5.41, 5.74) is 1.06. The molecule has 0 aliphatic heterocycles. The molecule has 1 aromatic carbocycles. The van der Waals surface area contributed by atoms with E-state index in [1.54, 1.807) is 0 Å². The van der Waals surface area contributed by atoms with Crippen molar-refractivity contribution in [1.29, 1.82) is 0 Å². The third-order valence-corrected chi connectivity index (χ3v) is 3.74. The molecule has 0 saturated carbocycles. The minimum absolute atomic E-state index is 0.167. The van der Waals surface area contributed by atoms with Gasteiger partial charge in [-0.3, -0.25) is 0 Å². The number of hydrogen-bond donors (Lipinski definition) is 1. The maximum Gasteiger partial charge on any atom is 0.211 e. The van der Waals surface area contributed by atoms with Crippen LogP contribution in [0.3, 0.4) is 0 Å². The molecule has 0 amide bonds. The van der Waals surface area contributed by atoms with Crippen molar-refractivity contribution in [2.75, 3.05) is 12.3 Å². The summed E-state index contributed by atoms with van der Waals surface area (Å²) >= 11 is 0. The van der Waals surface area contributed by atoms with Gasteiger partial charge in [0, 0.05) is 6.54 Å². The number of unbranched alkanes of at least 4 members (excludes halogenated alkanes) is 1. The molecule has 4 heteroatoms. The Bertz CT molecular complexity index is 387. The Kier molecular flexibility index (Phi) is 5.49. The van der Waals surface area contributed by atoms with Gasteiger partial charge in [0.05, 0.1) is 5.75 Å². The summed E-state index contributed by atoms with van der Waals surface area (Å²) in [4.78, 5) is 0. The highest BCUT2D eigenvalue weighted by atomic mass is 32.2. The van der Waals surface area contributed by atoms with Gasteiger partial charge < -0.3 is 0 Å². The Morgan fingerprint density at radius 2 is 1.88 bits per heavy atom. The average molecular weight is 241 g/mol. The van der Waals surface area contributed by atoms with Gasteiger partial charge in [-0.25, -0.2) is 13.1 Å². The van der Waals surface area contributed by atoms with E-state index in [0.717, 1.165) is 18.4 Å². The predicted molar refractivity (Wildman–Crippen MR) is 66.8 cm³/mol. The minimum Gasteiger partial charge on any atom is -0.215 e. The van der Waals surface area contributed by atoms with E-state index in [1.165, 1.54) is 0 Å². The monoisotopic (exact) mass is 241 g/mol. The molecule has 1 rings (SSSR count). The van der Waals surface area contributed by atoms with Crippen molar-refractivity contribution < 1.29 is 8.42 Å². The normalized spacial score (nSPS) is 11.6. The molecule has 16 heavy (non-hydrogen) atoms. The molecule has 0 radical (unpaired) electrons. The standard InChI is InChI=1S/C12H19NO2S/c1-2-3-10-13-16(14,15)11-9-12-7-5-4-6-8-12/h4-8,13H,2-3,9-11H2,1H3. The highest BCUT2D eigenvalue weighted by Gasteiger charge is 2.08. The molecule has 0 aliphatic rings. The average Bonchev–Trinajstić information content (AvgIpc) is 2.28. The fourth-order valence-electron chi connectivity index (χ4n) is 1.37. The second-order valence-electron chi connectivity index (χ2n) is 3.80. The van der Waals surface area contributed by atoms with Crippen molar-refractivity contribution in [1.82, 2.24) is 4.72 Å². The number of rotatable bonds is 7. The van der Waals surface area contributed by atoms with Gasteiger partial charge in [0.2, 0.25) is 10.0 Å². The van der Waals surface area contributed by atoms with Gasteiger partial charge in [-0.15, -0.1) is 0 Å². The lowest BCUT2D eigenvalue weighted by Gasteiger charge is -2.05. The SMILES string of the molecule is CCCCNS(=O)(=O)CCc1ccccc1. The van der Waals surface area contributed by atoms with Crippen molar-refractivity contribution >= 4 is 10.0 Å². The van der Waals surface area contributed by atoms with E-state index in [0.29, 0.717) is 13.0 Å². The van der Waals surface area contributed by atoms with Crippen molar-refractivity contribution in [2.24, 2.45) is 0 Å². The van der Waals surface area contributed by atoms with Crippen LogP contribution in [-0.4, -0.2) is 20.7 Å². The van der Waals surface area contributed by atoms with Crippen LogP contribution in [0.2, 0.25) is 0 Å². The van der Waals surface area contributed by atoms with Crippen LogP contribution >= 0.6 is 0 Å². The topological polar surface area (TPSA) is 46.2 Å². The zero-order valence-electron chi connectivity index (χ0n) is 9.65. The number of nitrogens with one attached hydrogen (secondary N) is 1. The van der Waals surface area contributed by atoms with Crippen LogP contribution in [0.5, 0.6) is 0 Å². The summed E-state index contributed by atoms with van der Waals surface area (Å²) < 4.78 is 25.7. The maximum atomic E-state index is 11.6. The molecule has 0 aromatic heterocycles. The third-order valence-electron chi connectivity index (χ3n) is 2.35. The lowest BCUT2D eigenvalue weighted by molar-refractivity contribution is 0.577. The van der Waals surface area contributed by atoms with Crippen LogP contribution in [0.4, 0.5) is 0 Å². The molecule has 0 unspecified atom stereocenters. The van der Waals surface area contributed by atoms with Gasteiger partial charge in [-0.1, -0.05) is 43.7 Å². The van der Waals surface area contributed by atoms with Gasteiger partial charge in [-0.05, 0) is 18.4 Å². The smallest absolute Gasteiger partial charge is 0.211 e. The first-order valence-corrected chi connectivity index (χ1v) is 7.30. The van der Waals surface area contributed by atoms with E-state index in [4.69, 9.17) is 0 Å². The fraction of sp³-hybridized carbons (Fsp3) is 0.500. The fourth-order valence-corrected chi connectivity index (χ4v) is 2.48. The van der Waals surface area contributed by atoms with E-state index < -0.39 is 10.0 Å². The highest BCUT2D eigenvalue weighted by molar-refractivity contribution is 7.89. The quantitative estimate of drug-likeness (QED) is 0.742. The first-order chi connectivity index (χ1) is 7.64. The van der Waals surface area contributed by atoms with Crippen molar-refractivity contribution in [2.45, 2.75) is 26.2 Å². The predicted octanol–water partition coefficient (Wildman–Crippen LogP) is 1.95. The summed E-state index contributed by atoms with van der Waals surface area (Å²) in [6, 6.07) is 9.67. The second kappa shape index (κ2) is 6.66. The third kappa shape index (κ3) is 5.28. The van der Waals surface area contributed by atoms with Crippen molar-refractivity contribution in [3.05, 3.63) is 35.9 Å². The summed E-state index contributed by atoms with van der Waals surface area (Å²) in [6.07, 6.45) is 2.47. The number of sulfonamides is 1. The molecule has 1 aromatic rings. The Labute approximate surface area is 97.9 Å². The van der Waals surface area contributed by atoms with Crippen molar-refractivity contribution in [3.8, 4) is 0 Å². The van der Waals surface area contributed by atoms with Gasteiger partial charge >= 0.3 is 0 Å². The minimum atomic E-state index is -3.10. The van der Waals surface area contributed by atoms with Crippen LogP contribution in [0.25, 0.3) is 0 Å². The van der Waals surface area contributed by atoms with Gasteiger partial charge in [0.25, 0.3) is 0 Å². The Hall–Kier alpha value is -0.870. The molecular formula is C12H19NO2S. The van der Waals surface area contributed by atoms with Crippen LogP contribution in [0, 0.1) is 0 Å². The Balaban J connectivity index is 2.36. The highest BCUT2D eigenvalue weighted by Crippen LogP contribution is 2.01. The van der Waals surface area contributed by atoms with E-state index in [1.807, 2.05) is 37.3 Å². The lowest BCUT2D eigenvalue weighted by Crippen LogP contribution is -2.28. The summed E-state index contributed by atoms with van der Waals surface area (Å²) in [6.45, 7) is 2.59. The van der Waals surface area contributed by atoms with Crippen LogP contribution in [-0.2, 0) is 16.4 Å². The van der Waals surface area contributed by atoms with Gasteiger partial charge in [0.1, 0.15) is 0 Å². The Morgan fingerprint density at radius 3 is 2.50 bits per heavy atom. The number of hydrogen-bond acceptors (Lipinski definition) is 2. The molecule has 0 atom stereocenters. The maximum absolute atomic E-state index is 11.6. The van der Waals surface area contributed by atoms with Crippen LogP contribution in [0.15, 0.2) is 30.3 Å². The van der Waals surface area contributed by atoms with Crippen LogP contribution < -0.4 is 4.72 Å². The molecule has 0 spiro atoms. The molecule has 3 nitrogen and oxygen atoms in total. The number of aryl methyl sites for hydroxylation is 1. The summed E-state index contributed by atoms with van der Waals surface area (Å²) in [7, 11) is -3.10. The van der Waals surface area contributed by atoms with E-state index >= 15 is 0 Å². The van der Waals surface area contributed by atoms with E-state index in [-0.39, 0.29) is 5.75 Å². The summed E-state index contributed by atoms with van der Waals surface area (Å²) in [5, 5.41) is 0. The molecule has 1 N–H and O–H groups in total. The largest absolute Gasteiger partial charge is 0.215 e. The zero-order valence-corrected chi connectivity index (χ0v) is 10.5. The molecule has 0 saturated heterocycles. The van der Waals surface area contributed by atoms with Crippen LogP contribution in [0.1, 0.15) is 25.3 Å². The first-order valence-electron chi connectivity index (χ1n) is 5.65. The van der Waals surface area contributed by atoms with Gasteiger partial charge in [-0.2, -0.15) is 0 Å². The zero-order chi connectivity index (χ0) is 11.9. The van der Waals surface area contributed by atoms with Gasteiger partial charge in [0.15, 0.2) is 0 Å². The molecule has 0 bridgehead atoms. The molecular weight excluding hydrogens is 222 g/mol. The molecule has 0 fully saturated rings. The number of benzene rings is 1.